The molecule has 0 heterocycles. The van der Waals surface area contributed by atoms with Gasteiger partial charge in [0, 0.05) is 45.6 Å². The van der Waals surface area contributed by atoms with Crippen molar-refractivity contribution in [1.29, 1.82) is 0 Å². The van der Waals surface area contributed by atoms with Crippen molar-refractivity contribution in [3.05, 3.63) is 29.8 Å². The second-order valence-electron chi connectivity index (χ2n) is 38.2. The molecule has 1 rings (SSSR count). The fourth-order valence-corrected chi connectivity index (χ4v) is 18.7. The van der Waals surface area contributed by atoms with E-state index >= 15 is 0 Å². The molecule has 4 unspecified atom stereocenters. The fourth-order valence-electron chi connectivity index (χ4n) is 13.2. The maximum Gasteiger partial charge on any atom is 0.328 e. The summed E-state index contributed by atoms with van der Waals surface area (Å²) in [7, 11) is -8.58. The van der Waals surface area contributed by atoms with Gasteiger partial charge in [-0.1, -0.05) is 328 Å². The van der Waals surface area contributed by atoms with Crippen LogP contribution in [0.25, 0.3) is 0 Å². The number of hydrogen-bond acceptors (Lipinski definition) is 10. The number of ether oxygens (including phenoxy) is 1. The van der Waals surface area contributed by atoms with Gasteiger partial charge in [0.25, 0.3) is 0 Å². The Balaban J connectivity index is 3.78. The second-order valence-corrected chi connectivity index (χ2v) is 57.2. The standard InChI is InChI=1S/C88H177N3O8Si4/c1-25-29-33-37-41-45-49-53-59-78(96-100(17,18)85(5,6)7)72-90(73-79(97-101(19,20)86(8,9)10)60-54-50-46-42-38-34-30-26-2)68-57-63-83(93)89-82(71-76-64-66-77(92)67-65-76)84(94)95-70-58-69-91(74-80(98-102(21,22)87(11,12)13)61-55-51-47-43-39-35-31-27-3)75-81(99-103(23,24)88(14,15)16)62-56-52-48-44-40-36-32-28-4/h64-67,78-82,92H,25-63,68-75H2,1-24H3,(H,89,93)/t78?,79?,80?,81?,82-/m0/s1. The summed E-state index contributed by atoms with van der Waals surface area (Å²) in [5, 5.41) is 13.9. The zero-order chi connectivity index (χ0) is 77.7. The Hall–Kier alpha value is -1.41. The highest BCUT2D eigenvalue weighted by Crippen LogP contribution is 2.42. The molecule has 1 aromatic carbocycles. The second kappa shape index (κ2) is 53.5. The van der Waals surface area contributed by atoms with Crippen molar-refractivity contribution >= 4 is 45.1 Å². The number of phenolic OH excluding ortho intramolecular Hbond substituents is 1. The quantitative estimate of drug-likeness (QED) is 0.0371. The maximum atomic E-state index is 14.7. The van der Waals surface area contributed by atoms with Gasteiger partial charge in [0.2, 0.25) is 5.91 Å². The third kappa shape index (κ3) is 46.1. The molecule has 11 nitrogen and oxygen atoms in total. The SMILES string of the molecule is CCCCCCCCCCC(CN(CCCOC(=O)[C@H](Cc1ccc(O)cc1)NC(=O)CCCN(CC(CCCCCCCCCC)O[Si](C)(C)C(C)(C)C)CC(CCCCCCCCCC)O[Si](C)(C)C(C)(C)C)CC(CCCCCCCCCC)O[Si](C)(C)C(C)(C)C)O[Si](C)(C)C(C)(C)C. The van der Waals surface area contributed by atoms with Gasteiger partial charge in [-0.15, -0.1) is 0 Å². The van der Waals surface area contributed by atoms with Crippen molar-refractivity contribution in [2.24, 2.45) is 0 Å². The molecule has 1 aromatic rings. The Morgan fingerprint density at radius 1 is 0.379 bits per heavy atom. The minimum absolute atomic E-state index is 0.0712. The number of nitrogens with one attached hydrogen (secondary N) is 1. The van der Waals surface area contributed by atoms with Crippen LogP contribution in [0.4, 0.5) is 0 Å². The molecule has 0 aliphatic heterocycles. The summed E-state index contributed by atoms with van der Waals surface area (Å²) in [6.07, 6.45) is 47.2. The van der Waals surface area contributed by atoms with E-state index in [9.17, 15) is 14.7 Å². The van der Waals surface area contributed by atoms with E-state index in [2.05, 4.69) is 178 Å². The Morgan fingerprint density at radius 2 is 0.631 bits per heavy atom. The molecule has 2 N–H and O–H groups in total. The van der Waals surface area contributed by atoms with Crippen molar-refractivity contribution in [2.45, 2.75) is 471 Å². The van der Waals surface area contributed by atoms with Crippen molar-refractivity contribution in [1.82, 2.24) is 15.1 Å². The summed E-state index contributed by atoms with van der Waals surface area (Å²) in [4.78, 5) is 34.6. The van der Waals surface area contributed by atoms with Gasteiger partial charge >= 0.3 is 5.97 Å². The highest BCUT2D eigenvalue weighted by molar-refractivity contribution is 6.75. The van der Waals surface area contributed by atoms with E-state index < -0.39 is 45.3 Å². The molecule has 0 aromatic heterocycles. The van der Waals surface area contributed by atoms with E-state index in [-0.39, 0.29) is 75.7 Å². The van der Waals surface area contributed by atoms with E-state index in [4.69, 9.17) is 22.4 Å². The summed E-state index contributed by atoms with van der Waals surface area (Å²) in [5.74, 6) is -0.410. The van der Waals surface area contributed by atoms with Gasteiger partial charge in [-0.2, -0.15) is 0 Å². The topological polar surface area (TPSA) is 119 Å². The molecule has 0 saturated heterocycles. The van der Waals surface area contributed by atoms with Crippen LogP contribution in [0.5, 0.6) is 5.75 Å². The Kier molecular flexibility index (Phi) is 51.7. The molecule has 15 heteroatoms. The predicted molar refractivity (Wildman–Crippen MR) is 459 cm³/mol. The summed E-state index contributed by atoms with van der Waals surface area (Å²) in [6, 6.07) is 6.10. The van der Waals surface area contributed by atoms with E-state index in [1.807, 2.05) is 12.1 Å². The number of hydrogen-bond donors (Lipinski definition) is 2. The number of amides is 1. The molecule has 0 radical (unpaired) electrons. The molecule has 0 fully saturated rings. The number of esters is 1. The molecule has 0 spiro atoms. The summed E-state index contributed by atoms with van der Waals surface area (Å²) in [6.45, 7) is 61.7. The number of nitrogens with zero attached hydrogens (tertiary/aromatic N) is 2. The zero-order valence-electron chi connectivity index (χ0n) is 73.1. The van der Waals surface area contributed by atoms with Crippen LogP contribution in [0, 0.1) is 0 Å². The Bertz CT molecular complexity index is 2150. The number of benzene rings is 1. The van der Waals surface area contributed by atoms with Crippen molar-refractivity contribution in [3.8, 4) is 5.75 Å². The Morgan fingerprint density at radius 3 is 0.893 bits per heavy atom. The first kappa shape index (κ1) is 99.6. The van der Waals surface area contributed by atoms with Gasteiger partial charge in [0.15, 0.2) is 33.3 Å². The molecule has 608 valence electrons. The number of aromatic hydroxyl groups is 1. The monoisotopic (exact) mass is 1520 g/mol. The first-order valence-electron chi connectivity index (χ1n) is 43.6. The molecule has 5 atom stereocenters. The molecule has 0 aliphatic carbocycles. The predicted octanol–water partition coefficient (Wildman–Crippen LogP) is 26.4. The van der Waals surface area contributed by atoms with Crippen LogP contribution in [-0.4, -0.2) is 136 Å². The first-order chi connectivity index (χ1) is 48.2. The average molecular weight is 1520 g/mol. The normalized spacial score (nSPS) is 14.7. The molecular formula is C88H177N3O8Si4. The highest BCUT2D eigenvalue weighted by atomic mass is 28.4. The number of phenols is 1. The molecular weight excluding hydrogens is 1340 g/mol. The molecule has 1 amide bonds. The summed E-state index contributed by atoms with van der Waals surface area (Å²) >= 11 is 0. The third-order valence-electron chi connectivity index (χ3n) is 24.2. The molecule has 0 bridgehead atoms. The molecule has 0 saturated carbocycles. The fraction of sp³-hybridized carbons (Fsp3) is 0.909. The molecule has 103 heavy (non-hydrogen) atoms. The van der Waals surface area contributed by atoms with Gasteiger partial charge in [-0.25, -0.2) is 4.79 Å². The molecule has 0 aliphatic rings. The third-order valence-corrected chi connectivity index (χ3v) is 42.3. The smallest absolute Gasteiger partial charge is 0.328 e. The summed E-state index contributed by atoms with van der Waals surface area (Å²) < 4.78 is 36.2. The largest absolute Gasteiger partial charge is 0.508 e. The number of carbonyl (C=O) groups excluding carboxylic acids is 2. The van der Waals surface area contributed by atoms with Crippen LogP contribution in [0.1, 0.15) is 367 Å². The van der Waals surface area contributed by atoms with Crippen LogP contribution in [0.3, 0.4) is 0 Å². The Labute approximate surface area is 645 Å². The van der Waals surface area contributed by atoms with E-state index in [1.165, 1.54) is 180 Å². The minimum atomic E-state index is -2.15. The lowest BCUT2D eigenvalue weighted by molar-refractivity contribution is -0.148. The number of unbranched alkanes of at least 4 members (excludes halogenated alkanes) is 28. The lowest BCUT2D eigenvalue weighted by atomic mass is 10.0. The first-order valence-corrected chi connectivity index (χ1v) is 55.3. The lowest BCUT2D eigenvalue weighted by Crippen LogP contribution is -2.50. The maximum absolute atomic E-state index is 14.7. The van der Waals surface area contributed by atoms with Crippen LogP contribution >= 0.6 is 0 Å². The van der Waals surface area contributed by atoms with Gasteiger partial charge in [-0.05, 0) is 135 Å². The van der Waals surface area contributed by atoms with Crippen molar-refractivity contribution in [3.63, 3.8) is 0 Å². The average Bonchev–Trinajstić information content (AvgIpc) is 0.843. The van der Waals surface area contributed by atoms with E-state index in [0.29, 0.717) is 12.8 Å². The van der Waals surface area contributed by atoms with Crippen molar-refractivity contribution in [2.75, 3.05) is 45.9 Å². The summed E-state index contributed by atoms with van der Waals surface area (Å²) in [5.41, 5.74) is 0.847. The minimum Gasteiger partial charge on any atom is -0.508 e. The van der Waals surface area contributed by atoms with Gasteiger partial charge < -0.3 is 32.9 Å². The van der Waals surface area contributed by atoms with Crippen molar-refractivity contribution < 1.29 is 37.1 Å². The van der Waals surface area contributed by atoms with Gasteiger partial charge in [0.1, 0.15) is 11.8 Å². The van der Waals surface area contributed by atoms with Gasteiger partial charge in [0.05, 0.1) is 31.0 Å². The van der Waals surface area contributed by atoms with Crippen LogP contribution < -0.4 is 5.32 Å². The van der Waals surface area contributed by atoms with Crippen LogP contribution in [0.15, 0.2) is 24.3 Å². The van der Waals surface area contributed by atoms with E-state index in [0.717, 1.165) is 96.2 Å². The lowest BCUT2D eigenvalue weighted by Gasteiger charge is -2.42. The number of carbonyl (C=O) groups is 2. The van der Waals surface area contributed by atoms with Gasteiger partial charge in [-0.3, -0.25) is 14.6 Å². The van der Waals surface area contributed by atoms with E-state index in [1.54, 1.807) is 12.1 Å². The zero-order valence-corrected chi connectivity index (χ0v) is 77.1. The van der Waals surface area contributed by atoms with Crippen LogP contribution in [0.2, 0.25) is 72.5 Å². The number of rotatable bonds is 64. The van der Waals surface area contributed by atoms with Crippen LogP contribution in [-0.2, 0) is 38.5 Å². The highest BCUT2D eigenvalue weighted by Gasteiger charge is 2.44.